The van der Waals surface area contributed by atoms with Crippen molar-refractivity contribution in [2.24, 2.45) is 0 Å². The van der Waals surface area contributed by atoms with Crippen molar-refractivity contribution in [3.63, 3.8) is 0 Å². The van der Waals surface area contributed by atoms with Crippen molar-refractivity contribution in [2.75, 3.05) is 12.8 Å². The number of hydrogen-bond acceptors (Lipinski definition) is 2. The zero-order chi connectivity index (χ0) is 10.4. The summed E-state index contributed by atoms with van der Waals surface area (Å²) in [5.41, 5.74) is 1.99. The Labute approximate surface area is 89.1 Å². The molecule has 0 heterocycles. The fourth-order valence-corrected chi connectivity index (χ4v) is 1.75. The molecule has 0 spiro atoms. The molecule has 0 radical (unpaired) electrons. The van der Waals surface area contributed by atoms with Gasteiger partial charge in [0, 0.05) is 18.4 Å². The normalized spacial score (nSPS) is 9.86. The molecule has 0 aromatic heterocycles. The molecule has 0 saturated carbocycles. The van der Waals surface area contributed by atoms with Crippen LogP contribution < -0.4 is 5.32 Å². The molecular formula is C11H15NOS. The predicted octanol–water partition coefficient (Wildman–Crippen LogP) is 2.30. The van der Waals surface area contributed by atoms with Gasteiger partial charge >= 0.3 is 0 Å². The van der Waals surface area contributed by atoms with Gasteiger partial charge < -0.3 is 5.32 Å². The molecule has 0 fully saturated rings. The van der Waals surface area contributed by atoms with Crippen molar-refractivity contribution in [3.8, 4) is 0 Å². The summed E-state index contributed by atoms with van der Waals surface area (Å²) in [6, 6.07) is 7.75. The second-order valence-electron chi connectivity index (χ2n) is 2.91. The molecule has 3 heteroatoms. The molecule has 14 heavy (non-hydrogen) atoms. The van der Waals surface area contributed by atoms with Crippen LogP contribution in [-0.4, -0.2) is 18.7 Å². The minimum atomic E-state index is -0.0281. The summed E-state index contributed by atoms with van der Waals surface area (Å²) in [5.74, 6) is 2.11. The zero-order valence-electron chi connectivity index (χ0n) is 8.54. The smallest absolute Gasteiger partial charge is 0.251 e. The van der Waals surface area contributed by atoms with Crippen LogP contribution in [0.3, 0.4) is 0 Å². The van der Waals surface area contributed by atoms with E-state index in [1.165, 1.54) is 5.56 Å². The lowest BCUT2D eigenvalue weighted by Crippen LogP contribution is -2.17. The number of nitrogens with one attached hydrogen (secondary N) is 1. The molecule has 0 aliphatic carbocycles. The van der Waals surface area contributed by atoms with Gasteiger partial charge in [0.15, 0.2) is 0 Å². The second kappa shape index (κ2) is 5.70. The van der Waals surface area contributed by atoms with E-state index in [0.717, 1.165) is 17.1 Å². The topological polar surface area (TPSA) is 29.1 Å². The lowest BCUT2D eigenvalue weighted by molar-refractivity contribution is 0.0963. The van der Waals surface area contributed by atoms with Crippen LogP contribution in [0.2, 0.25) is 0 Å². The van der Waals surface area contributed by atoms with Crippen LogP contribution in [-0.2, 0) is 5.75 Å². The van der Waals surface area contributed by atoms with E-state index >= 15 is 0 Å². The highest BCUT2D eigenvalue weighted by atomic mass is 32.2. The Bertz CT molecular complexity index is 295. The minimum absolute atomic E-state index is 0.0281. The van der Waals surface area contributed by atoms with Crippen LogP contribution in [0.25, 0.3) is 0 Å². The number of thioether (sulfide) groups is 1. The van der Waals surface area contributed by atoms with E-state index in [4.69, 9.17) is 0 Å². The minimum Gasteiger partial charge on any atom is -0.355 e. The maximum atomic E-state index is 11.2. The molecule has 1 aromatic carbocycles. The molecule has 0 atom stereocenters. The molecule has 0 bridgehead atoms. The SMILES string of the molecule is CCSCc1ccc(C(=O)NC)cc1. The fraction of sp³-hybridized carbons (Fsp3) is 0.364. The highest BCUT2D eigenvalue weighted by Crippen LogP contribution is 2.12. The standard InChI is InChI=1S/C11H15NOS/c1-3-14-8-9-4-6-10(7-5-9)11(13)12-2/h4-7H,3,8H2,1-2H3,(H,12,13). The van der Waals surface area contributed by atoms with Gasteiger partial charge in [-0.3, -0.25) is 4.79 Å². The molecule has 1 aromatic rings. The molecular weight excluding hydrogens is 194 g/mol. The molecule has 2 nitrogen and oxygen atoms in total. The summed E-state index contributed by atoms with van der Waals surface area (Å²) in [6.45, 7) is 2.14. The van der Waals surface area contributed by atoms with Gasteiger partial charge in [0.25, 0.3) is 5.91 Å². The van der Waals surface area contributed by atoms with Crippen LogP contribution in [0.5, 0.6) is 0 Å². The summed E-state index contributed by atoms with van der Waals surface area (Å²) in [7, 11) is 1.64. The Hall–Kier alpha value is -0.960. The van der Waals surface area contributed by atoms with Gasteiger partial charge in [0.1, 0.15) is 0 Å². The van der Waals surface area contributed by atoms with Gasteiger partial charge in [0.05, 0.1) is 0 Å². The van der Waals surface area contributed by atoms with E-state index in [1.54, 1.807) is 7.05 Å². The van der Waals surface area contributed by atoms with E-state index in [9.17, 15) is 4.79 Å². The third kappa shape index (κ3) is 3.07. The third-order valence-corrected chi connectivity index (χ3v) is 2.86. The average molecular weight is 209 g/mol. The molecule has 1 amide bonds. The highest BCUT2D eigenvalue weighted by molar-refractivity contribution is 7.98. The first-order valence-corrected chi connectivity index (χ1v) is 5.82. The average Bonchev–Trinajstić information content (AvgIpc) is 2.26. The van der Waals surface area contributed by atoms with E-state index in [-0.39, 0.29) is 5.91 Å². The van der Waals surface area contributed by atoms with Gasteiger partial charge in [0.2, 0.25) is 0 Å². The van der Waals surface area contributed by atoms with Crippen LogP contribution >= 0.6 is 11.8 Å². The number of benzene rings is 1. The summed E-state index contributed by atoms with van der Waals surface area (Å²) in [6.07, 6.45) is 0. The number of carbonyl (C=O) groups excluding carboxylic acids is 1. The third-order valence-electron chi connectivity index (χ3n) is 1.92. The van der Waals surface area contributed by atoms with Crippen molar-refractivity contribution >= 4 is 17.7 Å². The van der Waals surface area contributed by atoms with Crippen molar-refractivity contribution in [3.05, 3.63) is 35.4 Å². The Morgan fingerprint density at radius 1 is 1.36 bits per heavy atom. The van der Waals surface area contributed by atoms with E-state index < -0.39 is 0 Å². The molecule has 1 N–H and O–H groups in total. The van der Waals surface area contributed by atoms with Crippen LogP contribution in [0.1, 0.15) is 22.8 Å². The summed E-state index contributed by atoms with van der Waals surface area (Å²) >= 11 is 1.88. The monoisotopic (exact) mass is 209 g/mol. The Kier molecular flexibility index (Phi) is 4.53. The van der Waals surface area contributed by atoms with Gasteiger partial charge in [-0.2, -0.15) is 11.8 Å². The Morgan fingerprint density at radius 3 is 2.50 bits per heavy atom. The lowest BCUT2D eigenvalue weighted by atomic mass is 10.1. The van der Waals surface area contributed by atoms with Gasteiger partial charge in [-0.25, -0.2) is 0 Å². The maximum Gasteiger partial charge on any atom is 0.251 e. The van der Waals surface area contributed by atoms with E-state index in [0.29, 0.717) is 0 Å². The fourth-order valence-electron chi connectivity index (χ4n) is 1.12. The number of rotatable bonds is 4. The molecule has 0 aliphatic heterocycles. The van der Waals surface area contributed by atoms with Crippen molar-refractivity contribution in [2.45, 2.75) is 12.7 Å². The van der Waals surface area contributed by atoms with E-state index in [2.05, 4.69) is 12.2 Å². The summed E-state index contributed by atoms with van der Waals surface area (Å²) in [5, 5.41) is 2.60. The first-order chi connectivity index (χ1) is 6.77. The van der Waals surface area contributed by atoms with Crippen LogP contribution in [0, 0.1) is 0 Å². The van der Waals surface area contributed by atoms with Gasteiger partial charge in [-0.1, -0.05) is 19.1 Å². The second-order valence-corrected chi connectivity index (χ2v) is 4.19. The largest absolute Gasteiger partial charge is 0.355 e. The first kappa shape index (κ1) is 11.1. The van der Waals surface area contributed by atoms with Gasteiger partial charge in [-0.15, -0.1) is 0 Å². The number of hydrogen-bond donors (Lipinski definition) is 1. The van der Waals surface area contributed by atoms with Gasteiger partial charge in [-0.05, 0) is 23.4 Å². The zero-order valence-corrected chi connectivity index (χ0v) is 9.36. The van der Waals surface area contributed by atoms with Crippen LogP contribution in [0.4, 0.5) is 0 Å². The predicted molar refractivity (Wildman–Crippen MR) is 61.7 cm³/mol. The number of carbonyl (C=O) groups is 1. The maximum absolute atomic E-state index is 11.2. The quantitative estimate of drug-likeness (QED) is 0.824. The van der Waals surface area contributed by atoms with Crippen molar-refractivity contribution < 1.29 is 4.79 Å². The Balaban J connectivity index is 2.63. The highest BCUT2D eigenvalue weighted by Gasteiger charge is 2.01. The van der Waals surface area contributed by atoms with Crippen molar-refractivity contribution in [1.82, 2.24) is 5.32 Å². The molecule has 0 saturated heterocycles. The lowest BCUT2D eigenvalue weighted by Gasteiger charge is -2.02. The van der Waals surface area contributed by atoms with Crippen molar-refractivity contribution in [1.29, 1.82) is 0 Å². The summed E-state index contributed by atoms with van der Waals surface area (Å²) in [4.78, 5) is 11.2. The summed E-state index contributed by atoms with van der Waals surface area (Å²) < 4.78 is 0. The Morgan fingerprint density at radius 2 is 2.00 bits per heavy atom. The first-order valence-electron chi connectivity index (χ1n) is 4.66. The molecule has 0 unspecified atom stereocenters. The molecule has 0 aliphatic rings. The molecule has 76 valence electrons. The van der Waals surface area contributed by atoms with E-state index in [1.807, 2.05) is 36.0 Å². The van der Waals surface area contributed by atoms with Crippen LogP contribution in [0.15, 0.2) is 24.3 Å². The molecule has 1 rings (SSSR count). The number of amides is 1.